The molecule has 0 saturated carbocycles. The van der Waals surface area contributed by atoms with Crippen molar-refractivity contribution in [3.05, 3.63) is 88.5 Å². The predicted molar refractivity (Wildman–Crippen MR) is 165 cm³/mol. The zero-order valence-electron chi connectivity index (χ0n) is 21.8. The molecular weight excluding hydrogens is 527 g/mol. The normalized spacial score (nSPS) is 12.2. The van der Waals surface area contributed by atoms with E-state index < -0.39 is 0 Å². The van der Waals surface area contributed by atoms with Crippen molar-refractivity contribution < 1.29 is 4.74 Å². The van der Waals surface area contributed by atoms with Gasteiger partial charge in [0.2, 0.25) is 0 Å². The number of fused-ring (bicyclic) bond motifs is 7. The van der Waals surface area contributed by atoms with Crippen LogP contribution in [0.1, 0.15) is 12.0 Å². The van der Waals surface area contributed by atoms with Gasteiger partial charge in [-0.25, -0.2) is 0 Å². The quantitative estimate of drug-likeness (QED) is 0.194. The summed E-state index contributed by atoms with van der Waals surface area (Å²) in [5.41, 5.74) is 6.55. The van der Waals surface area contributed by atoms with Gasteiger partial charge in [-0.2, -0.15) is 0 Å². The van der Waals surface area contributed by atoms with Crippen LogP contribution in [0.4, 0.5) is 0 Å². The minimum atomic E-state index is 0.609. The second kappa shape index (κ2) is 9.53. The second-order valence-electron chi connectivity index (χ2n) is 10.5. The number of nitrogens with zero attached hydrogens (tertiary/aromatic N) is 2. The van der Waals surface area contributed by atoms with Crippen LogP contribution in [0.3, 0.4) is 0 Å². The largest absolute Gasteiger partial charge is 0.489 e. The predicted octanol–water partition coefficient (Wildman–Crippen LogP) is 8.60. The van der Waals surface area contributed by atoms with E-state index in [-0.39, 0.29) is 0 Å². The van der Waals surface area contributed by atoms with E-state index in [0.717, 1.165) is 67.8 Å². The summed E-state index contributed by atoms with van der Waals surface area (Å²) in [6.07, 6.45) is 3.03. The third-order valence-electron chi connectivity index (χ3n) is 7.60. The summed E-state index contributed by atoms with van der Waals surface area (Å²) in [6.45, 7) is 2.25. The third-order valence-corrected chi connectivity index (χ3v) is 8.07. The highest BCUT2D eigenvalue weighted by atomic mass is 35.5. The molecular formula is C32H28Cl2N4O. The van der Waals surface area contributed by atoms with Gasteiger partial charge in [0.1, 0.15) is 0 Å². The Morgan fingerprint density at radius 2 is 1.62 bits per heavy atom. The molecule has 7 aromatic rings. The Kier molecular flexibility index (Phi) is 5.96. The zero-order valence-corrected chi connectivity index (χ0v) is 23.3. The number of hydrogen-bond acceptors (Lipinski definition) is 2. The Morgan fingerprint density at radius 3 is 2.46 bits per heavy atom. The molecule has 0 amide bonds. The van der Waals surface area contributed by atoms with Crippen LogP contribution in [0.15, 0.2) is 72.9 Å². The minimum Gasteiger partial charge on any atom is -0.489 e. The Hall–Kier alpha value is -3.64. The molecule has 0 spiro atoms. The Bertz CT molecular complexity index is 2010. The van der Waals surface area contributed by atoms with E-state index in [1.54, 1.807) is 0 Å². The fourth-order valence-corrected chi connectivity index (χ4v) is 6.16. The van der Waals surface area contributed by atoms with Gasteiger partial charge in [0.15, 0.2) is 5.75 Å². The van der Waals surface area contributed by atoms with Crippen molar-refractivity contribution >= 4 is 77.7 Å². The van der Waals surface area contributed by atoms with Crippen LogP contribution in [-0.4, -0.2) is 46.7 Å². The molecule has 5 nitrogen and oxygen atoms in total. The highest BCUT2D eigenvalue weighted by Crippen LogP contribution is 2.44. The lowest BCUT2D eigenvalue weighted by molar-refractivity contribution is 0.285. The summed E-state index contributed by atoms with van der Waals surface area (Å²) in [7, 11) is 4.17. The number of hydrogen-bond donors (Lipinski definition) is 2. The highest BCUT2D eigenvalue weighted by molar-refractivity contribution is 6.33. The minimum absolute atomic E-state index is 0.609. The lowest BCUT2D eigenvalue weighted by atomic mass is 10.1. The van der Waals surface area contributed by atoms with E-state index in [0.29, 0.717) is 23.2 Å². The molecule has 3 aromatic heterocycles. The molecule has 7 heteroatoms. The van der Waals surface area contributed by atoms with Crippen molar-refractivity contribution in [2.75, 3.05) is 27.2 Å². The summed E-state index contributed by atoms with van der Waals surface area (Å²) in [5, 5.41) is 7.03. The fraction of sp³-hybridized carbons (Fsp3) is 0.188. The van der Waals surface area contributed by atoms with Gasteiger partial charge in [-0.3, -0.25) is 0 Å². The Morgan fingerprint density at radius 1 is 0.821 bits per heavy atom. The molecule has 3 heterocycles. The molecule has 0 radical (unpaired) electrons. The average Bonchev–Trinajstić information content (AvgIpc) is 3.59. The first-order valence-electron chi connectivity index (χ1n) is 13.2. The average molecular weight is 556 g/mol. The molecule has 4 aromatic carbocycles. The van der Waals surface area contributed by atoms with Crippen LogP contribution in [0.2, 0.25) is 10.0 Å². The smallest absolute Gasteiger partial charge is 0.167 e. The molecule has 0 aliphatic rings. The van der Waals surface area contributed by atoms with Gasteiger partial charge in [-0.1, -0.05) is 41.4 Å². The highest BCUT2D eigenvalue weighted by Gasteiger charge is 2.22. The third kappa shape index (κ3) is 4.13. The SMILES string of the molecule is CN(C)CCCOc1c2[nH]c3ccc(Cl)cc3c2cc2c3cc(Cl)ccc3n(Cc3c[nH]c4ccccc34)c12. The standard InChI is InChI=1S/C32H28Cl2N4O/c1-37(2)12-5-13-39-32-30-25(23-14-20(33)8-10-28(23)36-30)16-26-24-15-21(34)9-11-29(24)38(31(26)32)18-19-17-35-27-7-4-3-6-22(19)27/h3-4,6-11,14-17,35-36H,5,12-13,18H2,1-2H3. The van der Waals surface area contributed by atoms with Crippen molar-refractivity contribution in [3.63, 3.8) is 0 Å². The number of aromatic nitrogens is 3. The molecule has 0 fully saturated rings. The summed E-state index contributed by atoms with van der Waals surface area (Å²) < 4.78 is 9.07. The van der Waals surface area contributed by atoms with Crippen LogP contribution in [0, 0.1) is 0 Å². The van der Waals surface area contributed by atoms with Gasteiger partial charge in [0.05, 0.1) is 24.2 Å². The molecule has 0 unspecified atom stereocenters. The van der Waals surface area contributed by atoms with Crippen LogP contribution >= 0.6 is 23.2 Å². The molecule has 0 aliphatic carbocycles. The van der Waals surface area contributed by atoms with Gasteiger partial charge in [0.25, 0.3) is 0 Å². The van der Waals surface area contributed by atoms with E-state index >= 15 is 0 Å². The number of benzene rings is 4. The number of para-hydroxylation sites is 1. The number of halogens is 2. The lowest BCUT2D eigenvalue weighted by Gasteiger charge is -2.15. The second-order valence-corrected chi connectivity index (χ2v) is 11.3. The number of aromatic amines is 2. The first kappa shape index (κ1) is 24.4. The molecule has 196 valence electrons. The number of H-pyrrole nitrogens is 2. The molecule has 0 aliphatic heterocycles. The van der Waals surface area contributed by atoms with Crippen molar-refractivity contribution in [1.82, 2.24) is 19.4 Å². The van der Waals surface area contributed by atoms with Crippen LogP contribution in [0.5, 0.6) is 5.75 Å². The molecule has 39 heavy (non-hydrogen) atoms. The van der Waals surface area contributed by atoms with Gasteiger partial charge >= 0.3 is 0 Å². The monoisotopic (exact) mass is 554 g/mol. The topological polar surface area (TPSA) is 49.0 Å². The van der Waals surface area contributed by atoms with E-state index in [4.69, 9.17) is 27.9 Å². The van der Waals surface area contributed by atoms with Gasteiger partial charge in [0, 0.05) is 66.3 Å². The fourth-order valence-electron chi connectivity index (χ4n) is 5.81. The number of nitrogens with one attached hydrogen (secondary N) is 2. The Balaban J connectivity index is 1.53. The van der Waals surface area contributed by atoms with E-state index in [1.807, 2.05) is 24.3 Å². The maximum absolute atomic E-state index is 6.70. The maximum atomic E-state index is 6.70. The lowest BCUT2D eigenvalue weighted by Crippen LogP contribution is -2.15. The van der Waals surface area contributed by atoms with Crippen molar-refractivity contribution in [3.8, 4) is 5.75 Å². The number of rotatable bonds is 7. The molecule has 0 saturated heterocycles. The molecule has 7 rings (SSSR count). The molecule has 2 N–H and O–H groups in total. The van der Waals surface area contributed by atoms with Crippen LogP contribution < -0.4 is 4.74 Å². The van der Waals surface area contributed by atoms with E-state index in [9.17, 15) is 0 Å². The van der Waals surface area contributed by atoms with Crippen molar-refractivity contribution in [2.24, 2.45) is 0 Å². The number of ether oxygens (including phenoxy) is 1. The molecule has 0 atom stereocenters. The van der Waals surface area contributed by atoms with Crippen LogP contribution in [-0.2, 0) is 6.54 Å². The molecule has 0 bridgehead atoms. The van der Waals surface area contributed by atoms with Crippen molar-refractivity contribution in [2.45, 2.75) is 13.0 Å². The maximum Gasteiger partial charge on any atom is 0.167 e. The summed E-state index contributed by atoms with van der Waals surface area (Å²) in [4.78, 5) is 9.27. The van der Waals surface area contributed by atoms with E-state index in [1.165, 1.54) is 10.9 Å². The zero-order chi connectivity index (χ0) is 26.7. The van der Waals surface area contributed by atoms with Gasteiger partial charge < -0.3 is 24.2 Å². The summed E-state index contributed by atoms with van der Waals surface area (Å²) in [5.74, 6) is 0.862. The van der Waals surface area contributed by atoms with Crippen LogP contribution in [0.25, 0.3) is 54.5 Å². The van der Waals surface area contributed by atoms with Gasteiger partial charge in [-0.15, -0.1) is 0 Å². The van der Waals surface area contributed by atoms with E-state index in [2.05, 4.69) is 82.2 Å². The summed E-state index contributed by atoms with van der Waals surface area (Å²) in [6, 6.07) is 22.8. The first-order valence-corrected chi connectivity index (χ1v) is 13.9. The van der Waals surface area contributed by atoms with Gasteiger partial charge in [-0.05, 0) is 74.6 Å². The Labute approximate surface area is 235 Å². The summed E-state index contributed by atoms with van der Waals surface area (Å²) >= 11 is 13.0. The van der Waals surface area contributed by atoms with Crippen molar-refractivity contribution in [1.29, 1.82) is 0 Å². The first-order chi connectivity index (χ1) is 19.0.